The molecule has 2 aliphatic heterocycles. The first-order valence-corrected chi connectivity index (χ1v) is 11.8. The summed E-state index contributed by atoms with van der Waals surface area (Å²) in [5.74, 6) is 1.49. The molecule has 0 bridgehead atoms. The van der Waals surface area contributed by atoms with Crippen molar-refractivity contribution in [3.05, 3.63) is 35.4 Å². The predicted molar refractivity (Wildman–Crippen MR) is 142 cm³/mol. The van der Waals surface area contributed by atoms with Gasteiger partial charge in [0.15, 0.2) is 5.96 Å². The van der Waals surface area contributed by atoms with Crippen molar-refractivity contribution in [2.45, 2.75) is 52.0 Å². The Bertz CT molecular complexity index is 677. The van der Waals surface area contributed by atoms with E-state index in [1.807, 2.05) is 0 Å². The number of nitrogens with one attached hydrogen (secondary N) is 2. The van der Waals surface area contributed by atoms with Crippen LogP contribution in [0.2, 0.25) is 0 Å². The molecule has 32 heavy (non-hydrogen) atoms. The molecule has 0 aromatic heterocycles. The fourth-order valence-electron chi connectivity index (χ4n) is 4.30. The van der Waals surface area contributed by atoms with Gasteiger partial charge in [-0.2, -0.15) is 0 Å². The Kier molecular flexibility index (Phi) is 12.2. The molecule has 8 heteroatoms. The molecular weight excluding hydrogens is 517 g/mol. The van der Waals surface area contributed by atoms with Gasteiger partial charge in [-0.3, -0.25) is 14.8 Å². The summed E-state index contributed by atoms with van der Waals surface area (Å²) in [5.41, 5.74) is 2.56. The van der Waals surface area contributed by atoms with Crippen molar-refractivity contribution in [1.29, 1.82) is 0 Å². The minimum absolute atomic E-state index is 0. The van der Waals surface area contributed by atoms with E-state index in [1.165, 1.54) is 11.1 Å². The van der Waals surface area contributed by atoms with Gasteiger partial charge in [-0.25, -0.2) is 0 Å². The second-order valence-electron chi connectivity index (χ2n) is 9.28. The molecule has 0 saturated carbocycles. The van der Waals surface area contributed by atoms with E-state index in [4.69, 9.17) is 4.74 Å². The van der Waals surface area contributed by atoms with Crippen LogP contribution in [-0.4, -0.2) is 86.0 Å². The van der Waals surface area contributed by atoms with Gasteiger partial charge in [0.25, 0.3) is 0 Å². The van der Waals surface area contributed by atoms with Crippen molar-refractivity contribution in [2.75, 3.05) is 52.9 Å². The standard InChI is InChI=1S/C24H41N5O2.HI/c1-19(2)16-29-12-13-31-23(18-29)15-27-24(25-3)26-14-20-4-6-21(7-5-20)17-28-10-8-22(30)9-11-28;/h4-7,19,22-23,30H,8-18H2,1-3H3,(H2,25,26,27);1H. The van der Waals surface area contributed by atoms with Gasteiger partial charge in [0.2, 0.25) is 0 Å². The summed E-state index contributed by atoms with van der Waals surface area (Å²) in [6, 6.07) is 8.78. The van der Waals surface area contributed by atoms with Crippen molar-refractivity contribution < 1.29 is 9.84 Å². The highest BCUT2D eigenvalue weighted by atomic mass is 127. The highest BCUT2D eigenvalue weighted by molar-refractivity contribution is 14.0. The van der Waals surface area contributed by atoms with Crippen LogP contribution in [0.1, 0.15) is 37.8 Å². The van der Waals surface area contributed by atoms with Crippen LogP contribution in [0.25, 0.3) is 0 Å². The summed E-state index contributed by atoms with van der Waals surface area (Å²) in [6.45, 7) is 12.9. The van der Waals surface area contributed by atoms with Gasteiger partial charge >= 0.3 is 0 Å². The molecule has 2 heterocycles. The number of nitrogens with zero attached hydrogens (tertiary/aromatic N) is 3. The van der Waals surface area contributed by atoms with E-state index in [2.05, 4.69) is 63.5 Å². The molecule has 2 saturated heterocycles. The first kappa shape index (κ1) is 27.3. The summed E-state index contributed by atoms with van der Waals surface area (Å²) in [5, 5.41) is 16.5. The van der Waals surface area contributed by atoms with Crippen LogP contribution < -0.4 is 10.6 Å². The number of rotatable bonds is 8. The lowest BCUT2D eigenvalue weighted by Crippen LogP contribution is -2.50. The summed E-state index contributed by atoms with van der Waals surface area (Å²) in [4.78, 5) is 9.26. The smallest absolute Gasteiger partial charge is 0.191 e. The lowest BCUT2D eigenvalue weighted by Gasteiger charge is -2.34. The zero-order valence-electron chi connectivity index (χ0n) is 19.9. The molecule has 1 unspecified atom stereocenters. The summed E-state index contributed by atoms with van der Waals surface area (Å²) < 4.78 is 5.92. The fraction of sp³-hybridized carbons (Fsp3) is 0.708. The van der Waals surface area contributed by atoms with Gasteiger partial charge in [-0.05, 0) is 29.9 Å². The van der Waals surface area contributed by atoms with Gasteiger partial charge in [0.05, 0.1) is 18.8 Å². The Hall–Kier alpha value is -0.940. The third-order valence-electron chi connectivity index (χ3n) is 6.01. The molecule has 0 spiro atoms. The van der Waals surface area contributed by atoms with Crippen LogP contribution in [0.15, 0.2) is 29.3 Å². The summed E-state index contributed by atoms with van der Waals surface area (Å²) in [6.07, 6.45) is 1.85. The van der Waals surface area contributed by atoms with Crippen molar-refractivity contribution in [3.63, 3.8) is 0 Å². The van der Waals surface area contributed by atoms with Crippen LogP contribution in [0.5, 0.6) is 0 Å². The molecule has 2 fully saturated rings. The number of piperidine rings is 1. The largest absolute Gasteiger partial charge is 0.393 e. The van der Waals surface area contributed by atoms with E-state index in [9.17, 15) is 5.11 Å². The van der Waals surface area contributed by atoms with Crippen molar-refractivity contribution >= 4 is 29.9 Å². The average Bonchev–Trinajstić information content (AvgIpc) is 2.76. The van der Waals surface area contributed by atoms with E-state index in [-0.39, 0.29) is 36.2 Å². The zero-order valence-corrected chi connectivity index (χ0v) is 22.3. The van der Waals surface area contributed by atoms with Crippen LogP contribution in [-0.2, 0) is 17.8 Å². The van der Waals surface area contributed by atoms with Crippen LogP contribution >= 0.6 is 24.0 Å². The van der Waals surface area contributed by atoms with E-state index >= 15 is 0 Å². The summed E-state index contributed by atoms with van der Waals surface area (Å²) >= 11 is 0. The molecule has 182 valence electrons. The molecule has 7 nitrogen and oxygen atoms in total. The SMILES string of the molecule is CN=C(NCc1ccc(CN2CCC(O)CC2)cc1)NCC1CN(CC(C)C)CCO1.I. The molecule has 1 aromatic rings. The number of hydrogen-bond acceptors (Lipinski definition) is 5. The Morgan fingerprint density at radius 3 is 2.44 bits per heavy atom. The monoisotopic (exact) mass is 559 g/mol. The quantitative estimate of drug-likeness (QED) is 0.258. The van der Waals surface area contributed by atoms with E-state index in [0.717, 1.165) is 77.8 Å². The Balaban J connectivity index is 0.00000363. The topological polar surface area (TPSA) is 72.4 Å². The number of likely N-dealkylation sites (tertiary alicyclic amines) is 1. The number of benzene rings is 1. The summed E-state index contributed by atoms with van der Waals surface area (Å²) in [7, 11) is 1.81. The lowest BCUT2D eigenvalue weighted by atomic mass is 10.1. The highest BCUT2D eigenvalue weighted by Crippen LogP contribution is 2.14. The maximum absolute atomic E-state index is 9.65. The number of aliphatic hydroxyl groups excluding tert-OH is 1. The molecule has 0 amide bonds. The molecule has 2 aliphatic rings. The van der Waals surface area contributed by atoms with Gasteiger partial charge in [-0.15, -0.1) is 24.0 Å². The first-order valence-electron chi connectivity index (χ1n) is 11.8. The normalized spacial score (nSPS) is 21.4. The molecule has 3 rings (SSSR count). The molecule has 0 radical (unpaired) electrons. The van der Waals surface area contributed by atoms with E-state index < -0.39 is 0 Å². The second kappa shape index (κ2) is 14.3. The molecule has 3 N–H and O–H groups in total. The zero-order chi connectivity index (χ0) is 22.1. The number of aliphatic hydroxyl groups is 1. The Morgan fingerprint density at radius 1 is 1.09 bits per heavy atom. The maximum atomic E-state index is 9.65. The van der Waals surface area contributed by atoms with E-state index in [0.29, 0.717) is 5.92 Å². The van der Waals surface area contributed by atoms with Crippen molar-refractivity contribution in [3.8, 4) is 0 Å². The minimum atomic E-state index is -0.114. The fourth-order valence-corrected chi connectivity index (χ4v) is 4.30. The Morgan fingerprint density at radius 2 is 1.78 bits per heavy atom. The lowest BCUT2D eigenvalue weighted by molar-refractivity contribution is -0.0284. The molecular formula is C24H42IN5O2. The van der Waals surface area contributed by atoms with Gasteiger partial charge in [-0.1, -0.05) is 38.1 Å². The average molecular weight is 560 g/mol. The van der Waals surface area contributed by atoms with Crippen LogP contribution in [0, 0.1) is 5.92 Å². The molecule has 0 aliphatic carbocycles. The third kappa shape index (κ3) is 9.51. The number of halogens is 1. The third-order valence-corrected chi connectivity index (χ3v) is 6.01. The van der Waals surface area contributed by atoms with Crippen LogP contribution in [0.3, 0.4) is 0 Å². The highest BCUT2D eigenvalue weighted by Gasteiger charge is 2.21. The van der Waals surface area contributed by atoms with Crippen molar-refractivity contribution in [2.24, 2.45) is 10.9 Å². The maximum Gasteiger partial charge on any atom is 0.191 e. The molecule has 1 aromatic carbocycles. The van der Waals surface area contributed by atoms with Gasteiger partial charge in [0.1, 0.15) is 0 Å². The van der Waals surface area contributed by atoms with Gasteiger partial charge < -0.3 is 20.5 Å². The second-order valence-corrected chi connectivity index (χ2v) is 9.28. The van der Waals surface area contributed by atoms with Crippen molar-refractivity contribution in [1.82, 2.24) is 20.4 Å². The molecule has 1 atom stereocenters. The number of guanidine groups is 1. The number of hydrogen-bond donors (Lipinski definition) is 3. The predicted octanol–water partition coefficient (Wildman–Crippen LogP) is 2.28. The minimum Gasteiger partial charge on any atom is -0.393 e. The van der Waals surface area contributed by atoms with Crippen LogP contribution in [0.4, 0.5) is 0 Å². The van der Waals surface area contributed by atoms with E-state index in [1.54, 1.807) is 7.05 Å². The van der Waals surface area contributed by atoms with Gasteiger partial charge in [0, 0.05) is 59.4 Å². The Labute approximate surface area is 211 Å². The number of ether oxygens (including phenoxy) is 1. The first-order chi connectivity index (χ1) is 15.0. The number of aliphatic imine (C=N–C) groups is 1. The number of morpholine rings is 1.